The zero-order valence-corrected chi connectivity index (χ0v) is 21.0. The number of carbonyl (C=O) groups is 2. The first kappa shape index (κ1) is 26.4. The molecule has 1 saturated heterocycles. The molecule has 0 aliphatic carbocycles. The third-order valence-corrected chi connectivity index (χ3v) is 6.33. The molecule has 0 bridgehead atoms. The van der Waals surface area contributed by atoms with Crippen LogP contribution in [-0.4, -0.2) is 49.3 Å². The summed E-state index contributed by atoms with van der Waals surface area (Å²) in [6.45, 7) is 4.56. The summed E-state index contributed by atoms with van der Waals surface area (Å²) in [5, 5.41) is 2.91. The zero-order valence-electron chi connectivity index (χ0n) is 20.2. The Labute approximate surface area is 215 Å². The maximum Gasteiger partial charge on any atom is 0.343 e. The average molecular weight is 535 g/mol. The lowest BCUT2D eigenvalue weighted by molar-refractivity contribution is -0.142. The minimum absolute atomic E-state index is 0.00540. The normalized spacial score (nSPS) is 13.6. The summed E-state index contributed by atoms with van der Waals surface area (Å²) >= 11 is 6.78. The predicted molar refractivity (Wildman–Crippen MR) is 135 cm³/mol. The summed E-state index contributed by atoms with van der Waals surface area (Å²) in [4.78, 5) is 39.2. The molecule has 12 heteroatoms. The van der Waals surface area contributed by atoms with Gasteiger partial charge in [-0.05, 0) is 25.1 Å². The van der Waals surface area contributed by atoms with Crippen molar-refractivity contribution in [3.05, 3.63) is 62.4 Å². The van der Waals surface area contributed by atoms with E-state index >= 15 is 4.39 Å². The zero-order chi connectivity index (χ0) is 26.9. The number of rotatable bonds is 6. The van der Waals surface area contributed by atoms with Gasteiger partial charge in [-0.1, -0.05) is 11.6 Å². The summed E-state index contributed by atoms with van der Waals surface area (Å²) in [5.41, 5.74) is 4.95. The molecular formula is C25H25ClF2N4O5. The van der Waals surface area contributed by atoms with E-state index in [1.165, 1.54) is 23.8 Å². The number of fused-ring (bicyclic) bond motifs is 1. The van der Waals surface area contributed by atoms with E-state index in [2.05, 4.69) is 5.32 Å². The summed E-state index contributed by atoms with van der Waals surface area (Å²) in [7, 11) is 0. The van der Waals surface area contributed by atoms with E-state index in [0.29, 0.717) is 26.2 Å². The van der Waals surface area contributed by atoms with Crippen LogP contribution in [0.15, 0.2) is 29.2 Å². The summed E-state index contributed by atoms with van der Waals surface area (Å²) in [6, 6.07) is 3.37. The van der Waals surface area contributed by atoms with E-state index in [1.54, 1.807) is 11.8 Å². The van der Waals surface area contributed by atoms with Crippen molar-refractivity contribution in [1.82, 2.24) is 9.88 Å². The van der Waals surface area contributed by atoms with Crippen LogP contribution >= 0.6 is 11.6 Å². The number of pyridine rings is 1. The highest BCUT2D eigenvalue weighted by atomic mass is 35.5. The van der Waals surface area contributed by atoms with Crippen LogP contribution in [0, 0.1) is 11.6 Å². The van der Waals surface area contributed by atoms with Gasteiger partial charge in [0.25, 0.3) is 0 Å². The number of halogens is 3. The Morgan fingerprint density at radius 2 is 1.84 bits per heavy atom. The minimum Gasteiger partial charge on any atom is -0.462 e. The van der Waals surface area contributed by atoms with Crippen LogP contribution in [0.25, 0.3) is 16.6 Å². The lowest BCUT2D eigenvalue weighted by Crippen LogP contribution is -2.44. The van der Waals surface area contributed by atoms with Crippen molar-refractivity contribution in [2.45, 2.75) is 20.5 Å². The SMILES string of the molecule is CCOC(=O)c1cn(-c2cc(N)c(F)cc2COC(C)=O)c2c(Cl)c(N3CCNCC3)c(F)cc2c1=O. The number of aromatic nitrogens is 1. The molecule has 0 unspecified atom stereocenters. The molecular weight excluding hydrogens is 510 g/mol. The van der Waals surface area contributed by atoms with Gasteiger partial charge in [-0.15, -0.1) is 0 Å². The fourth-order valence-corrected chi connectivity index (χ4v) is 4.67. The first-order valence-electron chi connectivity index (χ1n) is 11.6. The van der Waals surface area contributed by atoms with Crippen LogP contribution < -0.4 is 21.4 Å². The van der Waals surface area contributed by atoms with Crippen LogP contribution in [-0.2, 0) is 20.9 Å². The summed E-state index contributed by atoms with van der Waals surface area (Å²) < 4.78 is 41.3. The molecule has 0 spiro atoms. The molecule has 1 aromatic heterocycles. The van der Waals surface area contributed by atoms with E-state index in [0.717, 1.165) is 12.1 Å². The van der Waals surface area contributed by atoms with Crippen molar-refractivity contribution in [3.8, 4) is 5.69 Å². The Morgan fingerprint density at radius 3 is 2.49 bits per heavy atom. The Balaban J connectivity index is 2.10. The molecule has 2 heterocycles. The van der Waals surface area contributed by atoms with Crippen LogP contribution in [0.4, 0.5) is 20.2 Å². The van der Waals surface area contributed by atoms with Gasteiger partial charge in [-0.3, -0.25) is 9.59 Å². The number of nitrogens with two attached hydrogens (primary N) is 1. The number of nitrogens with one attached hydrogen (secondary N) is 1. The predicted octanol–water partition coefficient (Wildman–Crippen LogP) is 3.15. The fraction of sp³-hybridized carbons (Fsp3) is 0.320. The van der Waals surface area contributed by atoms with Gasteiger partial charge >= 0.3 is 11.9 Å². The number of piperazine rings is 1. The number of nitrogens with zero attached hydrogens (tertiary/aromatic N) is 2. The maximum atomic E-state index is 15.4. The second-order valence-electron chi connectivity index (χ2n) is 8.40. The van der Waals surface area contributed by atoms with E-state index < -0.39 is 29.0 Å². The van der Waals surface area contributed by atoms with Gasteiger partial charge in [0.1, 0.15) is 23.8 Å². The first-order chi connectivity index (χ1) is 17.6. The van der Waals surface area contributed by atoms with Gasteiger partial charge in [0.15, 0.2) is 0 Å². The van der Waals surface area contributed by atoms with Crippen LogP contribution in [0.5, 0.6) is 0 Å². The molecule has 0 radical (unpaired) electrons. The van der Waals surface area contributed by atoms with E-state index in [4.69, 9.17) is 26.8 Å². The van der Waals surface area contributed by atoms with E-state index in [1.807, 2.05) is 0 Å². The lowest BCUT2D eigenvalue weighted by atomic mass is 10.1. The minimum atomic E-state index is -0.928. The van der Waals surface area contributed by atoms with Gasteiger partial charge in [-0.2, -0.15) is 0 Å². The quantitative estimate of drug-likeness (QED) is 0.366. The van der Waals surface area contributed by atoms with Crippen LogP contribution in [0.2, 0.25) is 5.02 Å². The standard InChI is InChI=1S/C25H25ClF2N4O5/c1-3-36-25(35)16-11-32(20-10-19(29)17(27)8-14(20)12-37-13(2)33)22-15(24(16)34)9-18(28)23(21(22)26)31-6-4-30-5-7-31/h8-11,30H,3-7,12,29H2,1-2H3. The topological polar surface area (TPSA) is 116 Å². The van der Waals surface area contributed by atoms with Crippen molar-refractivity contribution in [2.75, 3.05) is 43.4 Å². The van der Waals surface area contributed by atoms with Gasteiger partial charge in [0.05, 0.1) is 39.6 Å². The number of benzene rings is 2. The molecule has 9 nitrogen and oxygen atoms in total. The number of hydrogen-bond donors (Lipinski definition) is 2. The highest BCUT2D eigenvalue weighted by Crippen LogP contribution is 2.38. The molecule has 1 aliphatic heterocycles. The van der Waals surface area contributed by atoms with Crippen LogP contribution in [0.3, 0.4) is 0 Å². The second kappa shape index (κ2) is 10.7. The molecule has 0 atom stereocenters. The van der Waals surface area contributed by atoms with Crippen molar-refractivity contribution < 1.29 is 27.8 Å². The van der Waals surface area contributed by atoms with Crippen LogP contribution in [0.1, 0.15) is 29.8 Å². The van der Waals surface area contributed by atoms with Crippen molar-refractivity contribution >= 4 is 45.8 Å². The number of esters is 2. The summed E-state index contributed by atoms with van der Waals surface area (Å²) in [5.74, 6) is -3.04. The van der Waals surface area contributed by atoms with E-state index in [-0.39, 0.29) is 57.3 Å². The summed E-state index contributed by atoms with van der Waals surface area (Å²) in [6.07, 6.45) is 1.19. The molecule has 0 saturated carbocycles. The Hall–Kier alpha value is -3.70. The monoisotopic (exact) mass is 534 g/mol. The smallest absolute Gasteiger partial charge is 0.343 e. The third kappa shape index (κ3) is 5.09. The molecule has 1 aliphatic rings. The number of hydrogen-bond acceptors (Lipinski definition) is 8. The second-order valence-corrected chi connectivity index (χ2v) is 8.78. The van der Waals surface area contributed by atoms with Crippen molar-refractivity contribution in [3.63, 3.8) is 0 Å². The molecule has 37 heavy (non-hydrogen) atoms. The molecule has 1 fully saturated rings. The van der Waals surface area contributed by atoms with Gasteiger partial charge in [0.2, 0.25) is 5.43 Å². The highest BCUT2D eigenvalue weighted by Gasteiger charge is 2.26. The number of carbonyl (C=O) groups excluding carboxylic acids is 2. The third-order valence-electron chi connectivity index (χ3n) is 5.97. The average Bonchev–Trinajstić information content (AvgIpc) is 2.86. The van der Waals surface area contributed by atoms with Crippen molar-refractivity contribution in [2.24, 2.45) is 0 Å². The molecule has 2 aromatic carbocycles. The Kier molecular flexibility index (Phi) is 7.65. The highest BCUT2D eigenvalue weighted by molar-refractivity contribution is 6.38. The number of nitrogen functional groups attached to an aromatic ring is 1. The molecule has 0 amide bonds. The van der Waals surface area contributed by atoms with Gasteiger partial charge in [-0.25, -0.2) is 13.6 Å². The number of ether oxygens (including phenoxy) is 2. The largest absolute Gasteiger partial charge is 0.462 e. The van der Waals surface area contributed by atoms with E-state index in [9.17, 15) is 18.8 Å². The molecule has 3 N–H and O–H groups in total. The van der Waals surface area contributed by atoms with Crippen molar-refractivity contribution in [1.29, 1.82) is 0 Å². The van der Waals surface area contributed by atoms with Gasteiger partial charge in [0, 0.05) is 44.9 Å². The Morgan fingerprint density at radius 1 is 1.14 bits per heavy atom. The van der Waals surface area contributed by atoms with Gasteiger partial charge < -0.3 is 30.0 Å². The maximum absolute atomic E-state index is 15.4. The number of anilines is 2. The molecule has 4 rings (SSSR count). The lowest BCUT2D eigenvalue weighted by Gasteiger charge is -2.31. The molecule has 3 aromatic rings. The Bertz CT molecular complexity index is 1450. The first-order valence-corrected chi connectivity index (χ1v) is 11.9. The fourth-order valence-electron chi connectivity index (χ4n) is 4.27. The molecule has 196 valence electrons.